The Balaban J connectivity index is 1.28. The third-order valence-electron chi connectivity index (χ3n) is 5.50. The first-order valence-electron chi connectivity index (χ1n) is 10.6. The SMILES string of the molecule is O=C(CCC(=O)c1ccc2c(c1)CCCC2)NNC(=O)c1nn(-c2ccccc2)cc1O. The number of para-hydroxylation sites is 1. The van der Waals surface area contributed by atoms with Crippen LogP contribution in [0.3, 0.4) is 0 Å². The number of aryl methyl sites for hydroxylation is 2. The van der Waals surface area contributed by atoms with Gasteiger partial charge in [0.25, 0.3) is 5.91 Å². The Hall–Kier alpha value is -3.94. The van der Waals surface area contributed by atoms with Crippen LogP contribution >= 0.6 is 0 Å². The molecule has 0 saturated carbocycles. The molecular formula is C24H24N4O4. The molecular weight excluding hydrogens is 408 g/mol. The van der Waals surface area contributed by atoms with Crippen molar-refractivity contribution in [3.63, 3.8) is 0 Å². The van der Waals surface area contributed by atoms with Crippen LogP contribution < -0.4 is 10.9 Å². The van der Waals surface area contributed by atoms with E-state index in [4.69, 9.17) is 0 Å². The zero-order valence-electron chi connectivity index (χ0n) is 17.5. The number of carbonyl (C=O) groups excluding carboxylic acids is 3. The molecule has 0 aliphatic heterocycles. The molecule has 4 rings (SSSR count). The highest BCUT2D eigenvalue weighted by molar-refractivity contribution is 5.99. The number of amides is 2. The zero-order chi connectivity index (χ0) is 22.5. The minimum atomic E-state index is -0.758. The van der Waals surface area contributed by atoms with Crippen molar-refractivity contribution in [3.05, 3.63) is 77.1 Å². The number of fused-ring (bicyclic) bond motifs is 1. The fourth-order valence-electron chi connectivity index (χ4n) is 3.77. The van der Waals surface area contributed by atoms with Crippen molar-refractivity contribution < 1.29 is 19.5 Å². The first kappa shape index (κ1) is 21.3. The van der Waals surface area contributed by atoms with Gasteiger partial charge in [0.05, 0.1) is 11.9 Å². The van der Waals surface area contributed by atoms with E-state index in [1.54, 1.807) is 24.3 Å². The highest BCUT2D eigenvalue weighted by Crippen LogP contribution is 2.23. The summed E-state index contributed by atoms with van der Waals surface area (Å²) in [4.78, 5) is 36.8. The first-order valence-corrected chi connectivity index (χ1v) is 10.6. The first-order chi connectivity index (χ1) is 15.5. The van der Waals surface area contributed by atoms with E-state index in [0.29, 0.717) is 11.3 Å². The minimum absolute atomic E-state index is 0.0361. The molecule has 0 atom stereocenters. The van der Waals surface area contributed by atoms with Crippen LogP contribution in [0, 0.1) is 0 Å². The molecule has 0 bridgehead atoms. The van der Waals surface area contributed by atoms with Gasteiger partial charge in [0, 0.05) is 18.4 Å². The molecule has 1 aliphatic rings. The van der Waals surface area contributed by atoms with Crippen molar-refractivity contribution in [2.24, 2.45) is 0 Å². The lowest BCUT2D eigenvalue weighted by molar-refractivity contribution is -0.121. The predicted molar refractivity (Wildman–Crippen MR) is 117 cm³/mol. The average molecular weight is 432 g/mol. The van der Waals surface area contributed by atoms with E-state index in [9.17, 15) is 19.5 Å². The van der Waals surface area contributed by atoms with E-state index in [0.717, 1.165) is 19.3 Å². The van der Waals surface area contributed by atoms with Crippen molar-refractivity contribution in [1.29, 1.82) is 0 Å². The molecule has 1 heterocycles. The average Bonchev–Trinajstić information content (AvgIpc) is 3.23. The third-order valence-corrected chi connectivity index (χ3v) is 5.50. The molecule has 0 saturated heterocycles. The number of aromatic nitrogens is 2. The minimum Gasteiger partial charge on any atom is -0.504 e. The van der Waals surface area contributed by atoms with Crippen LogP contribution in [-0.4, -0.2) is 32.5 Å². The van der Waals surface area contributed by atoms with Crippen LogP contribution in [-0.2, 0) is 17.6 Å². The summed E-state index contributed by atoms with van der Waals surface area (Å²) in [5.74, 6) is -1.69. The van der Waals surface area contributed by atoms with Gasteiger partial charge >= 0.3 is 0 Å². The third kappa shape index (κ3) is 4.85. The van der Waals surface area contributed by atoms with E-state index < -0.39 is 11.8 Å². The van der Waals surface area contributed by atoms with Crippen LogP contribution in [0.4, 0.5) is 0 Å². The van der Waals surface area contributed by atoms with E-state index in [1.165, 1.54) is 28.4 Å². The van der Waals surface area contributed by atoms with Crippen LogP contribution in [0.5, 0.6) is 5.75 Å². The normalized spacial score (nSPS) is 12.6. The maximum Gasteiger partial charge on any atom is 0.294 e. The smallest absolute Gasteiger partial charge is 0.294 e. The van der Waals surface area contributed by atoms with Crippen molar-refractivity contribution in [2.75, 3.05) is 0 Å². The van der Waals surface area contributed by atoms with Crippen LogP contribution in [0.2, 0.25) is 0 Å². The molecule has 3 N–H and O–H groups in total. The lowest BCUT2D eigenvalue weighted by Gasteiger charge is -2.16. The van der Waals surface area contributed by atoms with Gasteiger partial charge in [-0.2, -0.15) is 5.10 Å². The molecule has 2 aromatic carbocycles. The lowest BCUT2D eigenvalue weighted by Crippen LogP contribution is -2.41. The fraction of sp³-hybridized carbons (Fsp3) is 0.250. The lowest BCUT2D eigenvalue weighted by atomic mass is 9.89. The summed E-state index contributed by atoms with van der Waals surface area (Å²) in [7, 11) is 0. The summed E-state index contributed by atoms with van der Waals surface area (Å²) in [6.07, 6.45) is 5.61. The molecule has 0 radical (unpaired) electrons. The van der Waals surface area contributed by atoms with Crippen LogP contribution in [0.15, 0.2) is 54.7 Å². The number of nitrogens with one attached hydrogen (secondary N) is 2. The number of ketones is 1. The van der Waals surface area contributed by atoms with E-state index in [2.05, 4.69) is 16.0 Å². The largest absolute Gasteiger partial charge is 0.504 e. The number of aromatic hydroxyl groups is 1. The summed E-state index contributed by atoms with van der Waals surface area (Å²) < 4.78 is 1.36. The van der Waals surface area contributed by atoms with Gasteiger partial charge in [0.2, 0.25) is 5.91 Å². The van der Waals surface area contributed by atoms with E-state index in [-0.39, 0.29) is 30.1 Å². The van der Waals surface area contributed by atoms with Gasteiger partial charge in [-0.1, -0.05) is 30.3 Å². The van der Waals surface area contributed by atoms with E-state index in [1.807, 2.05) is 24.3 Å². The molecule has 1 aliphatic carbocycles. The Morgan fingerprint density at radius 2 is 1.69 bits per heavy atom. The number of Topliss-reactive ketones (excluding diaryl/α,β-unsaturated/α-hetero) is 1. The second-order valence-corrected chi connectivity index (χ2v) is 7.76. The Bertz CT molecular complexity index is 1150. The monoisotopic (exact) mass is 432 g/mol. The maximum atomic E-state index is 12.5. The molecule has 0 unspecified atom stereocenters. The summed E-state index contributed by atoms with van der Waals surface area (Å²) in [5.41, 5.74) is 8.06. The number of hydrazine groups is 1. The molecule has 2 amide bonds. The molecule has 32 heavy (non-hydrogen) atoms. The molecule has 8 heteroatoms. The van der Waals surface area contributed by atoms with Gasteiger partial charge in [-0.25, -0.2) is 4.68 Å². The molecule has 3 aromatic rings. The Labute approximate surface area is 185 Å². The number of carbonyl (C=O) groups is 3. The fourth-order valence-corrected chi connectivity index (χ4v) is 3.77. The topological polar surface area (TPSA) is 113 Å². The van der Waals surface area contributed by atoms with Crippen LogP contribution in [0.25, 0.3) is 5.69 Å². The Morgan fingerprint density at radius 3 is 2.47 bits per heavy atom. The highest BCUT2D eigenvalue weighted by Gasteiger charge is 2.18. The van der Waals surface area contributed by atoms with Crippen molar-refractivity contribution in [2.45, 2.75) is 38.5 Å². The van der Waals surface area contributed by atoms with Crippen molar-refractivity contribution in [1.82, 2.24) is 20.6 Å². The van der Waals surface area contributed by atoms with Gasteiger partial charge in [-0.15, -0.1) is 0 Å². The summed E-state index contributed by atoms with van der Waals surface area (Å²) in [6, 6.07) is 14.7. The second kappa shape index (κ2) is 9.47. The molecule has 1 aromatic heterocycles. The number of nitrogens with zero attached hydrogens (tertiary/aromatic N) is 2. The zero-order valence-corrected chi connectivity index (χ0v) is 17.5. The van der Waals surface area contributed by atoms with Gasteiger partial charge in [-0.05, 0) is 55.0 Å². The summed E-state index contributed by atoms with van der Waals surface area (Å²) >= 11 is 0. The summed E-state index contributed by atoms with van der Waals surface area (Å²) in [5, 5.41) is 14.1. The van der Waals surface area contributed by atoms with E-state index >= 15 is 0 Å². The highest BCUT2D eigenvalue weighted by atomic mass is 16.3. The van der Waals surface area contributed by atoms with Gasteiger partial charge in [-0.3, -0.25) is 25.2 Å². The Kier molecular flexibility index (Phi) is 6.30. The molecule has 0 spiro atoms. The second-order valence-electron chi connectivity index (χ2n) is 7.76. The number of hydrogen-bond acceptors (Lipinski definition) is 5. The standard InChI is InChI=1S/C24H24N4O4/c29-20(18-11-10-16-6-4-5-7-17(16)14-18)12-13-22(31)25-26-24(32)23-21(30)15-28(27-23)19-8-2-1-3-9-19/h1-3,8-11,14-15,30H,4-7,12-13H2,(H,25,31)(H,26,32). The number of rotatable bonds is 6. The number of benzene rings is 2. The molecule has 164 valence electrons. The van der Waals surface area contributed by atoms with Crippen LogP contribution in [0.1, 0.15) is 57.7 Å². The number of hydrogen-bond donors (Lipinski definition) is 3. The van der Waals surface area contributed by atoms with Crippen molar-refractivity contribution in [3.8, 4) is 11.4 Å². The molecule has 0 fully saturated rings. The maximum absolute atomic E-state index is 12.5. The predicted octanol–water partition coefficient (Wildman–Crippen LogP) is 2.88. The quantitative estimate of drug-likeness (QED) is 0.409. The van der Waals surface area contributed by atoms with Gasteiger partial charge < -0.3 is 5.11 Å². The van der Waals surface area contributed by atoms with Gasteiger partial charge in [0.15, 0.2) is 17.2 Å². The summed E-state index contributed by atoms with van der Waals surface area (Å²) in [6.45, 7) is 0. The molecule has 8 nitrogen and oxygen atoms in total. The van der Waals surface area contributed by atoms with Crippen molar-refractivity contribution >= 4 is 17.6 Å². The Morgan fingerprint density at radius 1 is 0.938 bits per heavy atom. The van der Waals surface area contributed by atoms with Gasteiger partial charge in [0.1, 0.15) is 0 Å².